The maximum atomic E-state index is 9.38. The number of imidazole rings is 1. The molecule has 0 amide bonds. The second kappa shape index (κ2) is 3.08. The number of hydrogen-bond acceptors (Lipinski definition) is 5. The van der Waals surface area contributed by atoms with E-state index in [1.54, 1.807) is 23.0 Å². The van der Waals surface area contributed by atoms with Crippen LogP contribution in [0.5, 0.6) is 0 Å². The van der Waals surface area contributed by atoms with Crippen LogP contribution in [0.2, 0.25) is 0 Å². The number of nitrogens with zero attached hydrogens (tertiary/aromatic N) is 4. The predicted octanol–water partition coefficient (Wildman–Crippen LogP) is -0.884. The molecule has 0 saturated carbocycles. The van der Waals surface area contributed by atoms with Gasteiger partial charge in [-0.1, -0.05) is 0 Å². The van der Waals surface area contributed by atoms with Gasteiger partial charge in [0.15, 0.2) is 0 Å². The number of aliphatic hydroxyl groups excluding tert-OH is 1. The zero-order valence-corrected chi connectivity index (χ0v) is 6.83. The van der Waals surface area contributed by atoms with Gasteiger partial charge < -0.3 is 10.8 Å². The van der Waals surface area contributed by atoms with Crippen molar-refractivity contribution < 1.29 is 5.11 Å². The Morgan fingerprint density at radius 3 is 3.15 bits per heavy atom. The van der Waals surface area contributed by atoms with Gasteiger partial charge in [-0.15, -0.1) is 5.10 Å². The summed E-state index contributed by atoms with van der Waals surface area (Å²) in [6.45, 7) is 0.150. The van der Waals surface area contributed by atoms with Gasteiger partial charge in [-0.05, 0) is 0 Å². The highest BCUT2D eigenvalue weighted by Crippen LogP contribution is 2.09. The van der Waals surface area contributed by atoms with E-state index in [1.165, 1.54) is 0 Å². The fourth-order valence-corrected chi connectivity index (χ4v) is 1.05. The first-order valence-corrected chi connectivity index (χ1v) is 3.85. The quantitative estimate of drug-likeness (QED) is 0.624. The molecule has 0 aliphatic rings. The molecular formula is C7H9N5O. The Morgan fingerprint density at radius 2 is 2.46 bits per heavy atom. The Bertz CT molecular complexity index is 379. The predicted molar refractivity (Wildman–Crippen MR) is 44.8 cm³/mol. The van der Waals surface area contributed by atoms with Gasteiger partial charge in [0.2, 0.25) is 0 Å². The normalized spacial score (nSPS) is 13.4. The maximum Gasteiger partial charge on any atom is 0.253 e. The summed E-state index contributed by atoms with van der Waals surface area (Å²) < 4.78 is 1.68. The number of aromatic nitrogens is 4. The molecule has 0 bridgehead atoms. The molecule has 2 rings (SSSR count). The minimum absolute atomic E-state index is 0.150. The van der Waals surface area contributed by atoms with Crippen molar-refractivity contribution in [2.24, 2.45) is 5.73 Å². The molecule has 1 unspecified atom stereocenters. The van der Waals surface area contributed by atoms with Gasteiger partial charge in [0.1, 0.15) is 6.10 Å². The zero-order valence-electron chi connectivity index (χ0n) is 6.83. The Labute approximate surface area is 74.0 Å². The Balaban J connectivity index is 2.49. The lowest BCUT2D eigenvalue weighted by Crippen LogP contribution is -2.11. The minimum Gasteiger partial charge on any atom is -0.385 e. The van der Waals surface area contributed by atoms with Crippen LogP contribution in [0.4, 0.5) is 0 Å². The van der Waals surface area contributed by atoms with Crippen molar-refractivity contribution in [2.45, 2.75) is 6.10 Å². The number of hydrogen-bond donors (Lipinski definition) is 2. The number of fused-ring (bicyclic) bond motifs is 1. The summed E-state index contributed by atoms with van der Waals surface area (Å²) in [6.07, 6.45) is 4.21. The van der Waals surface area contributed by atoms with Crippen LogP contribution in [0.15, 0.2) is 18.6 Å². The molecule has 2 heterocycles. The molecule has 0 saturated heterocycles. The maximum absolute atomic E-state index is 9.38. The Morgan fingerprint density at radius 1 is 1.62 bits per heavy atom. The Hall–Kier alpha value is -1.53. The topological polar surface area (TPSA) is 89.3 Å². The summed E-state index contributed by atoms with van der Waals surface area (Å²) in [7, 11) is 0. The van der Waals surface area contributed by atoms with Gasteiger partial charge in [0.25, 0.3) is 5.78 Å². The van der Waals surface area contributed by atoms with Gasteiger partial charge in [-0.25, -0.2) is 4.98 Å². The molecule has 0 aromatic carbocycles. The van der Waals surface area contributed by atoms with Gasteiger partial charge in [0, 0.05) is 18.9 Å². The number of aliphatic hydroxyl groups is 1. The average Bonchev–Trinajstić information content (AvgIpc) is 2.59. The highest BCUT2D eigenvalue weighted by atomic mass is 16.3. The molecule has 13 heavy (non-hydrogen) atoms. The van der Waals surface area contributed by atoms with Crippen LogP contribution >= 0.6 is 0 Å². The van der Waals surface area contributed by atoms with Crippen LogP contribution in [0.25, 0.3) is 5.78 Å². The van der Waals surface area contributed by atoms with Gasteiger partial charge >= 0.3 is 0 Å². The number of nitrogens with two attached hydrogens (primary N) is 1. The molecule has 0 fully saturated rings. The van der Waals surface area contributed by atoms with Crippen LogP contribution in [-0.4, -0.2) is 31.2 Å². The average molecular weight is 179 g/mol. The first kappa shape index (κ1) is 8.09. The van der Waals surface area contributed by atoms with Crippen molar-refractivity contribution in [1.82, 2.24) is 19.6 Å². The molecule has 0 aliphatic heterocycles. The van der Waals surface area contributed by atoms with Crippen LogP contribution in [0.3, 0.4) is 0 Å². The lowest BCUT2D eigenvalue weighted by atomic mass is 10.3. The molecule has 1 atom stereocenters. The molecule has 0 radical (unpaired) electrons. The van der Waals surface area contributed by atoms with Crippen molar-refractivity contribution in [3.8, 4) is 0 Å². The molecule has 0 spiro atoms. The minimum atomic E-state index is -0.735. The highest BCUT2D eigenvalue weighted by Gasteiger charge is 2.09. The van der Waals surface area contributed by atoms with Crippen molar-refractivity contribution >= 4 is 5.78 Å². The van der Waals surface area contributed by atoms with E-state index in [1.807, 2.05) is 0 Å². The van der Waals surface area contributed by atoms with Crippen molar-refractivity contribution in [3.63, 3.8) is 0 Å². The van der Waals surface area contributed by atoms with E-state index >= 15 is 0 Å². The van der Waals surface area contributed by atoms with Gasteiger partial charge in [-0.3, -0.25) is 4.40 Å². The third-order valence-corrected chi connectivity index (χ3v) is 1.74. The molecular weight excluding hydrogens is 170 g/mol. The monoisotopic (exact) mass is 179 g/mol. The smallest absolute Gasteiger partial charge is 0.253 e. The van der Waals surface area contributed by atoms with Crippen molar-refractivity contribution in [2.75, 3.05) is 6.54 Å². The van der Waals surface area contributed by atoms with E-state index < -0.39 is 6.10 Å². The zero-order chi connectivity index (χ0) is 9.26. The Kier molecular flexibility index (Phi) is 1.91. The van der Waals surface area contributed by atoms with Crippen molar-refractivity contribution in [1.29, 1.82) is 0 Å². The third-order valence-electron chi connectivity index (χ3n) is 1.74. The lowest BCUT2D eigenvalue weighted by molar-refractivity contribution is 0.182. The van der Waals surface area contributed by atoms with E-state index in [4.69, 9.17) is 5.73 Å². The number of rotatable bonds is 2. The SMILES string of the molecule is NCC(O)c1cn2ccnnc2n1. The molecule has 6 heteroatoms. The van der Waals surface area contributed by atoms with E-state index in [9.17, 15) is 5.11 Å². The van der Waals surface area contributed by atoms with Gasteiger partial charge in [-0.2, -0.15) is 5.10 Å². The summed E-state index contributed by atoms with van der Waals surface area (Å²) in [6, 6.07) is 0. The molecule has 3 N–H and O–H groups in total. The van der Waals surface area contributed by atoms with Crippen LogP contribution in [0.1, 0.15) is 11.8 Å². The van der Waals surface area contributed by atoms with Gasteiger partial charge in [0.05, 0.1) is 11.9 Å². The largest absolute Gasteiger partial charge is 0.385 e. The van der Waals surface area contributed by atoms with Crippen LogP contribution in [-0.2, 0) is 0 Å². The lowest BCUT2D eigenvalue weighted by Gasteiger charge is -2.00. The fourth-order valence-electron chi connectivity index (χ4n) is 1.05. The van der Waals surface area contributed by atoms with E-state index in [0.29, 0.717) is 11.5 Å². The second-order valence-corrected chi connectivity index (χ2v) is 2.64. The van der Waals surface area contributed by atoms with E-state index in [-0.39, 0.29) is 6.54 Å². The summed E-state index contributed by atoms with van der Waals surface area (Å²) in [5, 5.41) is 16.8. The standard InChI is InChI=1S/C7H9N5O/c8-3-6(13)5-4-12-2-1-9-11-7(12)10-5/h1-2,4,6,13H,3,8H2. The molecule has 2 aromatic heterocycles. The highest BCUT2D eigenvalue weighted by molar-refractivity contribution is 5.28. The summed E-state index contributed by atoms with van der Waals surface area (Å²) in [4.78, 5) is 4.04. The molecule has 6 nitrogen and oxygen atoms in total. The molecule has 2 aromatic rings. The first-order chi connectivity index (χ1) is 6.31. The van der Waals surface area contributed by atoms with Crippen LogP contribution in [0, 0.1) is 0 Å². The fraction of sp³-hybridized carbons (Fsp3) is 0.286. The van der Waals surface area contributed by atoms with E-state index in [0.717, 1.165) is 0 Å². The van der Waals surface area contributed by atoms with Crippen LogP contribution < -0.4 is 5.73 Å². The second-order valence-electron chi connectivity index (χ2n) is 2.64. The first-order valence-electron chi connectivity index (χ1n) is 3.85. The summed E-state index contributed by atoms with van der Waals surface area (Å²) >= 11 is 0. The van der Waals surface area contributed by atoms with Crippen molar-refractivity contribution in [3.05, 3.63) is 24.3 Å². The summed E-state index contributed by atoms with van der Waals surface area (Å²) in [5.41, 5.74) is 5.81. The molecule has 68 valence electrons. The molecule has 0 aliphatic carbocycles. The third kappa shape index (κ3) is 1.36. The van der Waals surface area contributed by atoms with E-state index in [2.05, 4.69) is 15.2 Å². The summed E-state index contributed by atoms with van der Waals surface area (Å²) in [5.74, 6) is 0.463.